The highest BCUT2D eigenvalue weighted by atomic mass is 19.4. The quantitative estimate of drug-likeness (QED) is 0.305. The van der Waals surface area contributed by atoms with Crippen LogP contribution in [0.4, 0.5) is 13.2 Å². The monoisotopic (exact) mass is 509 g/mol. The number of hydrogen-bond donors (Lipinski definition) is 5. The van der Waals surface area contributed by atoms with E-state index in [2.05, 4.69) is 10.3 Å². The Morgan fingerprint density at radius 2 is 1.67 bits per heavy atom. The molecule has 2 aromatic carbocycles. The van der Waals surface area contributed by atoms with Gasteiger partial charge in [-0.1, -0.05) is 12.1 Å². The number of carbonyl (C=O) groups excluding carboxylic acids is 1. The Morgan fingerprint density at radius 1 is 1.06 bits per heavy atom. The molecule has 194 valence electrons. The van der Waals surface area contributed by atoms with Crippen LogP contribution in [0.5, 0.6) is 0 Å². The van der Waals surface area contributed by atoms with Crippen LogP contribution < -0.4 is 10.9 Å². The van der Waals surface area contributed by atoms with Crippen LogP contribution in [0.15, 0.2) is 41.2 Å². The van der Waals surface area contributed by atoms with Gasteiger partial charge in [0.15, 0.2) is 5.69 Å². The van der Waals surface area contributed by atoms with Crippen LogP contribution in [0, 0.1) is 13.8 Å². The highest BCUT2D eigenvalue weighted by Crippen LogP contribution is 2.29. The third-order valence-corrected chi connectivity index (χ3v) is 5.86. The number of halogens is 3. The zero-order chi connectivity index (χ0) is 26.8. The van der Waals surface area contributed by atoms with Crippen molar-refractivity contribution < 1.29 is 38.4 Å². The number of benzene rings is 2. The molecule has 1 aromatic heterocycles. The molecule has 5 N–H and O–H groups in total. The summed E-state index contributed by atoms with van der Waals surface area (Å²) >= 11 is 0. The lowest BCUT2D eigenvalue weighted by atomic mass is 10.1. The average molecular weight is 509 g/mol. The first-order valence-electron chi connectivity index (χ1n) is 10.9. The minimum atomic E-state index is -4.50. The second-order valence-corrected chi connectivity index (χ2v) is 8.49. The molecule has 0 bridgehead atoms. The van der Waals surface area contributed by atoms with Crippen LogP contribution in [-0.2, 0) is 19.3 Å². The minimum Gasteiger partial charge on any atom is -0.394 e. The number of aliphatic hydroxyl groups excluding tert-OH is 4. The number of rotatable bonds is 8. The Kier molecular flexibility index (Phi) is 8.14. The van der Waals surface area contributed by atoms with E-state index >= 15 is 0 Å². The van der Waals surface area contributed by atoms with E-state index in [9.17, 15) is 38.1 Å². The molecule has 0 aliphatic carbocycles. The van der Waals surface area contributed by atoms with Gasteiger partial charge in [0.1, 0.15) is 18.3 Å². The molecule has 0 aliphatic rings. The maximum Gasteiger partial charge on any atom is 0.416 e. The molecule has 36 heavy (non-hydrogen) atoms. The van der Waals surface area contributed by atoms with Crippen molar-refractivity contribution in [2.75, 3.05) is 6.61 Å². The van der Waals surface area contributed by atoms with Crippen LogP contribution in [0.3, 0.4) is 0 Å². The second kappa shape index (κ2) is 10.7. The number of alkyl halides is 3. The fourth-order valence-corrected chi connectivity index (χ4v) is 3.56. The molecule has 0 saturated heterocycles. The Labute approximate surface area is 203 Å². The van der Waals surface area contributed by atoms with Crippen molar-refractivity contribution in [3.05, 3.63) is 74.7 Å². The standard InChI is InChI=1S/C24H26F3N3O6/c1-12-7-16-17(8-13(12)2)30(10-18(32)21(34)19(33)11-31)23(36)20(29-16)22(35)28-9-14-3-5-15(6-4-14)24(25,26)27/h3-8,18-19,21,31-34H,9-11H2,1-2H3,(H,28,35). The van der Waals surface area contributed by atoms with Crippen molar-refractivity contribution >= 4 is 16.9 Å². The van der Waals surface area contributed by atoms with E-state index in [1.807, 2.05) is 0 Å². The molecule has 3 rings (SSSR count). The summed E-state index contributed by atoms with van der Waals surface area (Å²) in [7, 11) is 0. The van der Waals surface area contributed by atoms with E-state index in [1.54, 1.807) is 26.0 Å². The molecule has 9 nitrogen and oxygen atoms in total. The van der Waals surface area contributed by atoms with Gasteiger partial charge in [-0.2, -0.15) is 13.2 Å². The Balaban J connectivity index is 1.95. The summed E-state index contributed by atoms with van der Waals surface area (Å²) in [6, 6.07) is 7.42. The van der Waals surface area contributed by atoms with E-state index in [-0.39, 0.29) is 17.6 Å². The van der Waals surface area contributed by atoms with Gasteiger partial charge in [-0.25, -0.2) is 4.98 Å². The Morgan fingerprint density at radius 3 is 2.25 bits per heavy atom. The zero-order valence-corrected chi connectivity index (χ0v) is 19.5. The van der Waals surface area contributed by atoms with Crippen LogP contribution in [-0.4, -0.2) is 60.8 Å². The Bertz CT molecular complexity index is 1310. The number of amides is 1. The maximum absolute atomic E-state index is 13.2. The van der Waals surface area contributed by atoms with Crippen molar-refractivity contribution in [2.24, 2.45) is 0 Å². The minimum absolute atomic E-state index is 0.174. The molecule has 1 amide bonds. The molecule has 1 heterocycles. The van der Waals surface area contributed by atoms with Crippen LogP contribution in [0.25, 0.3) is 11.0 Å². The number of fused-ring (bicyclic) bond motifs is 1. The lowest BCUT2D eigenvalue weighted by molar-refractivity contribution is -0.137. The van der Waals surface area contributed by atoms with Gasteiger partial charge in [0, 0.05) is 6.54 Å². The van der Waals surface area contributed by atoms with Gasteiger partial charge < -0.3 is 30.3 Å². The van der Waals surface area contributed by atoms with E-state index in [0.29, 0.717) is 5.56 Å². The first-order chi connectivity index (χ1) is 16.8. The van der Waals surface area contributed by atoms with Crippen LogP contribution in [0.2, 0.25) is 0 Å². The van der Waals surface area contributed by atoms with Crippen molar-refractivity contribution in [1.29, 1.82) is 0 Å². The third-order valence-electron chi connectivity index (χ3n) is 5.86. The van der Waals surface area contributed by atoms with Gasteiger partial charge in [-0.05, 0) is 54.8 Å². The van der Waals surface area contributed by atoms with Gasteiger partial charge in [-0.15, -0.1) is 0 Å². The van der Waals surface area contributed by atoms with Gasteiger partial charge >= 0.3 is 6.18 Å². The fraction of sp³-hybridized carbons (Fsp3) is 0.375. The van der Waals surface area contributed by atoms with Crippen LogP contribution in [0.1, 0.15) is 32.7 Å². The highest BCUT2D eigenvalue weighted by molar-refractivity contribution is 5.94. The van der Waals surface area contributed by atoms with E-state index < -0.39 is 60.4 Å². The molecule has 0 saturated carbocycles. The molecule has 0 fully saturated rings. The number of carbonyl (C=O) groups is 1. The molecule has 12 heteroatoms. The number of nitrogens with one attached hydrogen (secondary N) is 1. The number of nitrogens with zero attached hydrogens (tertiary/aromatic N) is 2. The molecule has 3 unspecified atom stereocenters. The first-order valence-corrected chi connectivity index (χ1v) is 10.9. The Hall–Kier alpha value is -3.32. The maximum atomic E-state index is 13.2. The van der Waals surface area contributed by atoms with Crippen molar-refractivity contribution in [2.45, 2.75) is 51.4 Å². The number of aliphatic hydroxyl groups is 4. The SMILES string of the molecule is Cc1cc2nc(C(=O)NCc3ccc(C(F)(F)F)cc3)c(=O)n(CC(O)C(O)C(O)CO)c2cc1C. The zero-order valence-electron chi connectivity index (χ0n) is 19.5. The summed E-state index contributed by atoms with van der Waals surface area (Å²) in [4.78, 5) is 30.2. The average Bonchev–Trinajstić information content (AvgIpc) is 2.83. The predicted octanol–water partition coefficient (Wildman–Crippen LogP) is 1.04. The molecule has 3 aromatic rings. The van der Waals surface area contributed by atoms with Gasteiger partial charge in [0.25, 0.3) is 11.5 Å². The summed E-state index contributed by atoms with van der Waals surface area (Å²) in [5.41, 5.74) is 0.237. The lowest BCUT2D eigenvalue weighted by Crippen LogP contribution is -2.44. The predicted molar refractivity (Wildman–Crippen MR) is 123 cm³/mol. The molecule has 0 aliphatic heterocycles. The normalized spacial score (nSPS) is 14.5. The van der Waals surface area contributed by atoms with Crippen LogP contribution >= 0.6 is 0 Å². The second-order valence-electron chi connectivity index (χ2n) is 8.49. The van der Waals surface area contributed by atoms with Gasteiger partial charge in [-0.3, -0.25) is 9.59 Å². The third kappa shape index (κ3) is 5.90. The molecular weight excluding hydrogens is 483 g/mol. The summed E-state index contributed by atoms with van der Waals surface area (Å²) in [5, 5.41) is 41.5. The number of aromatic nitrogens is 2. The highest BCUT2D eigenvalue weighted by Gasteiger charge is 2.30. The van der Waals surface area contributed by atoms with E-state index in [0.717, 1.165) is 27.8 Å². The van der Waals surface area contributed by atoms with Crippen molar-refractivity contribution in [3.63, 3.8) is 0 Å². The largest absolute Gasteiger partial charge is 0.416 e. The first kappa shape index (κ1) is 27.3. The van der Waals surface area contributed by atoms with Crippen molar-refractivity contribution in [3.8, 4) is 0 Å². The molecule has 3 atom stereocenters. The molecular formula is C24H26F3N3O6. The molecule has 0 radical (unpaired) electrons. The summed E-state index contributed by atoms with van der Waals surface area (Å²) in [6.07, 6.45) is -9.59. The lowest BCUT2D eigenvalue weighted by Gasteiger charge is -2.23. The molecule has 0 spiro atoms. The van der Waals surface area contributed by atoms with Crippen molar-refractivity contribution in [1.82, 2.24) is 14.9 Å². The van der Waals surface area contributed by atoms with Gasteiger partial charge in [0.2, 0.25) is 0 Å². The number of aryl methyl sites for hydroxylation is 2. The fourth-order valence-electron chi connectivity index (χ4n) is 3.56. The van der Waals surface area contributed by atoms with Gasteiger partial charge in [0.05, 0.1) is 29.7 Å². The van der Waals surface area contributed by atoms with E-state index in [1.165, 1.54) is 12.1 Å². The smallest absolute Gasteiger partial charge is 0.394 e. The van der Waals surface area contributed by atoms with E-state index in [4.69, 9.17) is 5.11 Å². The topological polar surface area (TPSA) is 145 Å². The summed E-state index contributed by atoms with van der Waals surface area (Å²) < 4.78 is 39.3. The summed E-state index contributed by atoms with van der Waals surface area (Å²) in [6.45, 7) is 2.08. The summed E-state index contributed by atoms with van der Waals surface area (Å²) in [5.74, 6) is -0.890. The number of hydrogen-bond acceptors (Lipinski definition) is 7.